The van der Waals surface area contributed by atoms with E-state index >= 15 is 0 Å². The molecular weight excluding hydrogens is 332 g/mol. The monoisotopic (exact) mass is 346 g/mol. The zero-order chi connectivity index (χ0) is 14.7. The first-order valence-electron chi connectivity index (χ1n) is 7.00. The number of nitrogens with one attached hydrogen (secondary N) is 1. The quantitative estimate of drug-likeness (QED) is 0.834. The molecule has 0 fully saturated rings. The van der Waals surface area contributed by atoms with E-state index in [1.54, 1.807) is 0 Å². The standard InChI is InChI=1S/C16H15BrN2O2/c1-19-7-8(16(20)21)5-10-9-3-2-4-12-14(9)11(6-13(10)19)15(17)18-12/h2-5,8,13,18H,6-7H2,1H3,(H,20,21)/t8?,13-/m1/s1. The number of aromatic nitrogens is 1. The maximum atomic E-state index is 11.4. The van der Waals surface area contributed by atoms with E-state index in [1.807, 2.05) is 19.2 Å². The highest BCUT2D eigenvalue weighted by molar-refractivity contribution is 9.10. The molecule has 2 heterocycles. The fraction of sp³-hybridized carbons (Fsp3) is 0.312. The summed E-state index contributed by atoms with van der Waals surface area (Å²) in [5, 5.41) is 10.6. The van der Waals surface area contributed by atoms with Crippen molar-refractivity contribution >= 4 is 38.4 Å². The molecule has 0 saturated heterocycles. The van der Waals surface area contributed by atoms with Gasteiger partial charge in [-0.3, -0.25) is 9.69 Å². The Morgan fingerprint density at radius 3 is 3.05 bits per heavy atom. The molecule has 1 aromatic carbocycles. The third-order valence-electron chi connectivity index (χ3n) is 4.66. The van der Waals surface area contributed by atoms with Gasteiger partial charge in [-0.25, -0.2) is 0 Å². The van der Waals surface area contributed by atoms with Gasteiger partial charge in [0.15, 0.2) is 0 Å². The second-order valence-electron chi connectivity index (χ2n) is 5.87. The summed E-state index contributed by atoms with van der Waals surface area (Å²) in [6.07, 6.45) is 2.86. The van der Waals surface area contributed by atoms with Crippen LogP contribution in [0, 0.1) is 5.92 Å². The average molecular weight is 347 g/mol. The predicted molar refractivity (Wildman–Crippen MR) is 85.2 cm³/mol. The van der Waals surface area contributed by atoms with Crippen LogP contribution in [0.15, 0.2) is 28.9 Å². The summed E-state index contributed by atoms with van der Waals surface area (Å²) in [7, 11) is 2.01. The highest BCUT2D eigenvalue weighted by Gasteiger charge is 2.36. The largest absolute Gasteiger partial charge is 0.481 e. The maximum Gasteiger partial charge on any atom is 0.311 e. The number of benzene rings is 1. The minimum atomic E-state index is -0.749. The molecule has 2 aliphatic rings. The van der Waals surface area contributed by atoms with Crippen molar-refractivity contribution in [1.29, 1.82) is 0 Å². The topological polar surface area (TPSA) is 56.3 Å². The predicted octanol–water partition coefficient (Wildman–Crippen LogP) is 2.88. The lowest BCUT2D eigenvalue weighted by Gasteiger charge is -2.38. The number of nitrogens with zero attached hydrogens (tertiary/aromatic N) is 1. The van der Waals surface area contributed by atoms with Crippen molar-refractivity contribution in [3.63, 3.8) is 0 Å². The Morgan fingerprint density at radius 2 is 2.29 bits per heavy atom. The zero-order valence-corrected chi connectivity index (χ0v) is 13.1. The molecule has 108 valence electrons. The highest BCUT2D eigenvalue weighted by Crippen LogP contribution is 2.43. The molecule has 4 nitrogen and oxygen atoms in total. The maximum absolute atomic E-state index is 11.4. The van der Waals surface area contributed by atoms with Crippen LogP contribution < -0.4 is 0 Å². The fourth-order valence-corrected chi connectivity index (χ4v) is 4.22. The van der Waals surface area contributed by atoms with Crippen molar-refractivity contribution < 1.29 is 9.90 Å². The fourth-order valence-electron chi connectivity index (χ4n) is 3.65. The highest BCUT2D eigenvalue weighted by atomic mass is 79.9. The molecule has 2 N–H and O–H groups in total. The summed E-state index contributed by atoms with van der Waals surface area (Å²) in [6.45, 7) is 0.566. The van der Waals surface area contributed by atoms with Gasteiger partial charge in [0.05, 0.1) is 10.5 Å². The number of hydrogen-bond acceptors (Lipinski definition) is 2. The zero-order valence-electron chi connectivity index (χ0n) is 11.6. The third-order valence-corrected chi connectivity index (χ3v) is 5.33. The summed E-state index contributed by atoms with van der Waals surface area (Å²) >= 11 is 3.62. The van der Waals surface area contributed by atoms with Crippen molar-refractivity contribution in [2.24, 2.45) is 5.92 Å². The number of aromatic amines is 1. The summed E-state index contributed by atoms with van der Waals surface area (Å²) in [5.74, 6) is -1.18. The Hall–Kier alpha value is -1.59. The molecule has 5 heteroatoms. The van der Waals surface area contributed by atoms with Gasteiger partial charge in [0, 0.05) is 23.5 Å². The average Bonchev–Trinajstić information content (AvgIpc) is 2.77. The summed E-state index contributed by atoms with van der Waals surface area (Å²) < 4.78 is 1.04. The number of carboxylic acids is 1. The Labute approximate surface area is 130 Å². The lowest BCUT2D eigenvalue weighted by molar-refractivity contribution is -0.140. The van der Waals surface area contributed by atoms with Gasteiger partial charge in [-0.15, -0.1) is 0 Å². The van der Waals surface area contributed by atoms with Crippen LogP contribution in [0.4, 0.5) is 0 Å². The molecule has 4 rings (SSSR count). The molecule has 2 atom stereocenters. The number of rotatable bonds is 1. The van der Waals surface area contributed by atoms with E-state index in [9.17, 15) is 9.90 Å². The summed E-state index contributed by atoms with van der Waals surface area (Å²) in [4.78, 5) is 16.9. The van der Waals surface area contributed by atoms with Crippen molar-refractivity contribution in [2.45, 2.75) is 12.5 Å². The molecule has 1 aliphatic carbocycles. The molecule has 0 bridgehead atoms. The van der Waals surface area contributed by atoms with Gasteiger partial charge < -0.3 is 10.1 Å². The second-order valence-corrected chi connectivity index (χ2v) is 6.66. The van der Waals surface area contributed by atoms with E-state index in [1.165, 1.54) is 16.5 Å². The van der Waals surface area contributed by atoms with Crippen LogP contribution in [-0.4, -0.2) is 40.6 Å². The third kappa shape index (κ3) is 1.80. The van der Waals surface area contributed by atoms with Crippen molar-refractivity contribution in [3.05, 3.63) is 40.0 Å². The molecule has 0 saturated carbocycles. The number of aliphatic carboxylic acids is 1. The number of fused-ring (bicyclic) bond motifs is 2. The van der Waals surface area contributed by atoms with Gasteiger partial charge in [0.25, 0.3) is 0 Å². The number of H-pyrrole nitrogens is 1. The van der Waals surface area contributed by atoms with Gasteiger partial charge in [-0.1, -0.05) is 18.2 Å². The number of carbonyl (C=O) groups is 1. The smallest absolute Gasteiger partial charge is 0.311 e. The molecule has 1 aromatic heterocycles. The molecule has 0 radical (unpaired) electrons. The normalized spacial score (nSPS) is 24.8. The van der Waals surface area contributed by atoms with Crippen LogP contribution in [0.5, 0.6) is 0 Å². The van der Waals surface area contributed by atoms with Gasteiger partial charge in [0.2, 0.25) is 0 Å². The first kappa shape index (κ1) is 13.1. The Morgan fingerprint density at radius 1 is 1.48 bits per heavy atom. The Kier molecular flexibility index (Phi) is 2.78. The minimum absolute atomic E-state index is 0.255. The van der Waals surface area contributed by atoms with E-state index in [4.69, 9.17) is 0 Å². The van der Waals surface area contributed by atoms with Crippen LogP contribution in [0.1, 0.15) is 11.1 Å². The van der Waals surface area contributed by atoms with Crippen LogP contribution in [0.2, 0.25) is 0 Å². The second kappa shape index (κ2) is 4.45. The Bertz CT molecular complexity index is 793. The molecule has 0 amide bonds. The van der Waals surface area contributed by atoms with E-state index in [-0.39, 0.29) is 6.04 Å². The molecule has 1 aliphatic heterocycles. The van der Waals surface area contributed by atoms with Crippen molar-refractivity contribution in [3.8, 4) is 0 Å². The number of hydrogen-bond donors (Lipinski definition) is 2. The van der Waals surface area contributed by atoms with E-state index < -0.39 is 11.9 Å². The summed E-state index contributed by atoms with van der Waals surface area (Å²) in [5.41, 5.74) is 4.72. The lowest BCUT2D eigenvalue weighted by Crippen LogP contribution is -2.44. The summed E-state index contributed by atoms with van der Waals surface area (Å²) in [6, 6.07) is 6.45. The van der Waals surface area contributed by atoms with Crippen LogP contribution >= 0.6 is 15.9 Å². The van der Waals surface area contributed by atoms with Crippen LogP contribution in [0.3, 0.4) is 0 Å². The molecule has 2 aromatic rings. The van der Waals surface area contributed by atoms with Gasteiger partial charge in [0.1, 0.15) is 0 Å². The van der Waals surface area contributed by atoms with E-state index in [2.05, 4.69) is 37.9 Å². The first-order chi connectivity index (χ1) is 10.1. The minimum Gasteiger partial charge on any atom is -0.481 e. The van der Waals surface area contributed by atoms with Gasteiger partial charge in [-0.05, 0) is 52.2 Å². The van der Waals surface area contributed by atoms with Crippen molar-refractivity contribution in [2.75, 3.05) is 13.6 Å². The lowest BCUT2D eigenvalue weighted by atomic mass is 9.80. The van der Waals surface area contributed by atoms with Crippen molar-refractivity contribution in [1.82, 2.24) is 9.88 Å². The molecular formula is C16H15BrN2O2. The molecule has 0 spiro atoms. The van der Waals surface area contributed by atoms with Crippen LogP contribution in [0.25, 0.3) is 16.5 Å². The van der Waals surface area contributed by atoms with Gasteiger partial charge >= 0.3 is 5.97 Å². The molecule has 21 heavy (non-hydrogen) atoms. The van der Waals surface area contributed by atoms with Crippen LogP contribution in [-0.2, 0) is 11.2 Å². The Balaban J connectivity index is 1.99. The molecule has 1 unspecified atom stereocenters. The first-order valence-corrected chi connectivity index (χ1v) is 7.79. The van der Waals surface area contributed by atoms with Gasteiger partial charge in [-0.2, -0.15) is 0 Å². The van der Waals surface area contributed by atoms with E-state index in [0.29, 0.717) is 6.54 Å². The SMILES string of the molecule is CN1CC(C(=O)O)C=C2c3cccc4[nH]c(Br)c(c34)C[C@H]21. The number of likely N-dealkylation sites (N-methyl/N-ethyl adjacent to an activating group) is 1. The number of halogens is 1. The van der Waals surface area contributed by atoms with E-state index in [0.717, 1.165) is 22.1 Å². The number of carboxylic acid groups (broad SMARTS) is 1.